The van der Waals surface area contributed by atoms with E-state index in [1.807, 2.05) is 37.3 Å². The predicted molar refractivity (Wildman–Crippen MR) is 130 cm³/mol. The molecule has 0 saturated heterocycles. The van der Waals surface area contributed by atoms with Crippen LogP contribution in [-0.2, 0) is 19.5 Å². The highest BCUT2D eigenvalue weighted by Gasteiger charge is 2.18. The number of hydrogen-bond donors (Lipinski definition) is 2. The lowest BCUT2D eigenvalue weighted by Gasteiger charge is -2.22. The zero-order chi connectivity index (χ0) is 23.7. The van der Waals surface area contributed by atoms with Gasteiger partial charge in [0.1, 0.15) is 17.1 Å². The number of anilines is 2. The Balaban J connectivity index is 1.77. The molecule has 0 amide bonds. The summed E-state index contributed by atoms with van der Waals surface area (Å²) in [6.07, 6.45) is 0.692. The Hall–Kier alpha value is -3.78. The molecule has 0 aliphatic rings. The maximum Gasteiger partial charge on any atom is 0.336 e. The van der Waals surface area contributed by atoms with E-state index in [4.69, 9.17) is 21.8 Å². The minimum absolute atomic E-state index is 0.0358. The van der Waals surface area contributed by atoms with Crippen LogP contribution in [0.4, 0.5) is 11.5 Å². The van der Waals surface area contributed by atoms with E-state index in [2.05, 4.69) is 4.98 Å². The Labute approximate surface area is 193 Å². The predicted octanol–water partition coefficient (Wildman–Crippen LogP) is 3.13. The second-order valence-electron chi connectivity index (χ2n) is 7.80. The fourth-order valence-electron chi connectivity index (χ4n) is 3.89. The first-order valence-corrected chi connectivity index (χ1v) is 10.8. The normalized spacial score (nSPS) is 11.1. The van der Waals surface area contributed by atoms with Crippen molar-refractivity contribution in [2.75, 3.05) is 17.7 Å². The lowest BCUT2D eigenvalue weighted by atomic mass is 10.1. The lowest BCUT2D eigenvalue weighted by Crippen LogP contribution is -2.37. The molecule has 0 saturated carbocycles. The third-order valence-corrected chi connectivity index (χ3v) is 5.92. The molecule has 33 heavy (non-hydrogen) atoms. The Morgan fingerprint density at radius 3 is 2.52 bits per heavy atom. The van der Waals surface area contributed by atoms with Crippen molar-refractivity contribution in [3.63, 3.8) is 0 Å². The summed E-state index contributed by atoms with van der Waals surface area (Å²) in [6.45, 7) is 2.33. The van der Waals surface area contributed by atoms with E-state index in [0.717, 1.165) is 11.1 Å². The number of nitrogens with one attached hydrogen (secondary N) is 1. The van der Waals surface area contributed by atoms with Crippen molar-refractivity contribution in [3.8, 4) is 0 Å². The monoisotopic (exact) mass is 466 g/mol. The number of nitrogens with two attached hydrogens (primary N) is 1. The van der Waals surface area contributed by atoms with E-state index < -0.39 is 16.9 Å². The van der Waals surface area contributed by atoms with E-state index in [0.29, 0.717) is 28.0 Å². The van der Waals surface area contributed by atoms with Crippen LogP contribution < -0.4 is 27.5 Å². The summed E-state index contributed by atoms with van der Waals surface area (Å²) in [5.74, 6) is 0.0358. The Bertz CT molecular complexity index is 1510. The number of H-pyrrole nitrogens is 1. The number of benzene rings is 2. The molecule has 0 fully saturated rings. The second kappa shape index (κ2) is 8.99. The van der Waals surface area contributed by atoms with Crippen molar-refractivity contribution in [2.45, 2.75) is 26.4 Å². The smallest absolute Gasteiger partial charge is 0.336 e. The molecule has 8 nitrogen and oxygen atoms in total. The fourth-order valence-corrected chi connectivity index (χ4v) is 4.19. The van der Waals surface area contributed by atoms with Gasteiger partial charge in [-0.1, -0.05) is 48.9 Å². The SMILES string of the molecule is CCc1cc2oc(=O)cc(CN(C)c3c(N)n(Cc4ccccc4)c(=O)[nH]c3=O)c2cc1Cl. The van der Waals surface area contributed by atoms with Gasteiger partial charge in [0.2, 0.25) is 0 Å². The first kappa shape index (κ1) is 22.4. The lowest BCUT2D eigenvalue weighted by molar-refractivity contribution is 0.558. The standard InChI is InChI=1S/C24H23ClN4O4/c1-3-15-9-19-17(11-18(15)25)16(10-20(30)33-19)13-28(2)21-22(26)29(24(32)27-23(21)31)12-14-7-5-4-6-8-14/h4-11H,3,12-13,26H2,1-2H3,(H,27,31,32). The summed E-state index contributed by atoms with van der Waals surface area (Å²) >= 11 is 6.39. The van der Waals surface area contributed by atoms with Crippen LogP contribution in [0.1, 0.15) is 23.6 Å². The van der Waals surface area contributed by atoms with E-state index in [1.54, 1.807) is 24.1 Å². The first-order valence-electron chi connectivity index (χ1n) is 10.4. The highest BCUT2D eigenvalue weighted by atomic mass is 35.5. The van der Waals surface area contributed by atoms with Crippen LogP contribution >= 0.6 is 11.6 Å². The van der Waals surface area contributed by atoms with Gasteiger partial charge in [-0.15, -0.1) is 0 Å². The summed E-state index contributed by atoms with van der Waals surface area (Å²) in [5, 5.41) is 1.23. The highest BCUT2D eigenvalue weighted by Crippen LogP contribution is 2.28. The summed E-state index contributed by atoms with van der Waals surface area (Å²) in [7, 11) is 1.67. The number of nitrogen functional groups attached to an aromatic ring is 1. The average Bonchev–Trinajstić information content (AvgIpc) is 2.77. The molecule has 2 aromatic heterocycles. The van der Waals surface area contributed by atoms with Gasteiger partial charge in [0.05, 0.1) is 6.54 Å². The second-order valence-corrected chi connectivity index (χ2v) is 8.21. The van der Waals surface area contributed by atoms with Gasteiger partial charge in [-0.3, -0.25) is 14.3 Å². The van der Waals surface area contributed by atoms with Gasteiger partial charge >= 0.3 is 11.3 Å². The zero-order valence-corrected chi connectivity index (χ0v) is 19.0. The maximum absolute atomic E-state index is 12.7. The Morgan fingerprint density at radius 2 is 1.82 bits per heavy atom. The van der Waals surface area contributed by atoms with Crippen LogP contribution in [0, 0.1) is 0 Å². The van der Waals surface area contributed by atoms with Crippen LogP contribution in [0.3, 0.4) is 0 Å². The largest absolute Gasteiger partial charge is 0.423 e. The molecule has 4 rings (SSSR count). The third kappa shape index (κ3) is 4.42. The number of rotatable bonds is 6. The molecule has 0 spiro atoms. The van der Waals surface area contributed by atoms with Crippen LogP contribution in [0.2, 0.25) is 5.02 Å². The van der Waals surface area contributed by atoms with E-state index in [9.17, 15) is 14.4 Å². The molecule has 3 N–H and O–H groups in total. The molecule has 4 aromatic rings. The number of nitrogens with zero attached hydrogens (tertiary/aromatic N) is 2. The molecule has 170 valence electrons. The quantitative estimate of drug-likeness (QED) is 0.422. The molecule has 0 aliphatic carbocycles. The number of aromatic amines is 1. The van der Waals surface area contributed by atoms with Gasteiger partial charge in [-0.05, 0) is 35.2 Å². The Morgan fingerprint density at radius 1 is 1.09 bits per heavy atom. The van der Waals surface area contributed by atoms with Crippen LogP contribution in [-0.4, -0.2) is 16.6 Å². The van der Waals surface area contributed by atoms with Gasteiger partial charge in [-0.2, -0.15) is 0 Å². The molecular formula is C24H23ClN4O4. The van der Waals surface area contributed by atoms with Gasteiger partial charge in [-0.25, -0.2) is 9.59 Å². The minimum Gasteiger partial charge on any atom is -0.423 e. The molecule has 9 heteroatoms. The van der Waals surface area contributed by atoms with Crippen LogP contribution in [0.15, 0.2) is 67.3 Å². The number of fused-ring (bicyclic) bond motifs is 1. The third-order valence-electron chi connectivity index (χ3n) is 5.56. The number of aromatic nitrogens is 2. The molecular weight excluding hydrogens is 444 g/mol. The number of hydrogen-bond acceptors (Lipinski definition) is 6. The summed E-state index contributed by atoms with van der Waals surface area (Å²) in [4.78, 5) is 41.3. The van der Waals surface area contributed by atoms with Crippen LogP contribution in [0.25, 0.3) is 11.0 Å². The van der Waals surface area contributed by atoms with Gasteiger partial charge in [0.25, 0.3) is 5.56 Å². The molecule has 0 aliphatic heterocycles. The van der Waals surface area contributed by atoms with Gasteiger partial charge in [0, 0.05) is 30.1 Å². The first-order chi connectivity index (χ1) is 15.8. The summed E-state index contributed by atoms with van der Waals surface area (Å²) in [5.41, 5.74) is 7.48. The highest BCUT2D eigenvalue weighted by molar-refractivity contribution is 6.32. The molecule has 0 bridgehead atoms. The van der Waals surface area contributed by atoms with E-state index >= 15 is 0 Å². The number of halogens is 1. The van der Waals surface area contributed by atoms with Crippen molar-refractivity contribution in [1.82, 2.24) is 9.55 Å². The molecule has 0 radical (unpaired) electrons. The van der Waals surface area contributed by atoms with Crippen molar-refractivity contribution in [3.05, 3.63) is 102 Å². The maximum atomic E-state index is 12.7. The average molecular weight is 467 g/mol. The van der Waals surface area contributed by atoms with Crippen molar-refractivity contribution >= 4 is 34.1 Å². The van der Waals surface area contributed by atoms with E-state index in [-0.39, 0.29) is 24.6 Å². The van der Waals surface area contributed by atoms with Crippen LogP contribution in [0.5, 0.6) is 0 Å². The van der Waals surface area contributed by atoms with Crippen molar-refractivity contribution in [2.24, 2.45) is 0 Å². The molecule has 2 heterocycles. The zero-order valence-electron chi connectivity index (χ0n) is 18.2. The fraction of sp³-hybridized carbons (Fsp3) is 0.208. The van der Waals surface area contributed by atoms with Gasteiger partial charge in [0.15, 0.2) is 0 Å². The van der Waals surface area contributed by atoms with Crippen molar-refractivity contribution < 1.29 is 4.42 Å². The Kier molecular flexibility index (Phi) is 6.11. The molecule has 2 aromatic carbocycles. The van der Waals surface area contributed by atoms with E-state index in [1.165, 1.54) is 10.6 Å². The van der Waals surface area contributed by atoms with Crippen molar-refractivity contribution in [1.29, 1.82) is 0 Å². The van der Waals surface area contributed by atoms with Gasteiger partial charge < -0.3 is 15.1 Å². The molecule has 0 atom stereocenters. The number of aryl methyl sites for hydroxylation is 1. The minimum atomic E-state index is -0.608. The summed E-state index contributed by atoms with van der Waals surface area (Å²) in [6, 6.07) is 14.2. The topological polar surface area (TPSA) is 114 Å². The molecule has 0 unspecified atom stereocenters. The summed E-state index contributed by atoms with van der Waals surface area (Å²) < 4.78 is 6.67.